The van der Waals surface area contributed by atoms with Gasteiger partial charge in [0.25, 0.3) is 0 Å². The molecule has 0 fully saturated rings. The number of rotatable bonds is 4. The summed E-state index contributed by atoms with van der Waals surface area (Å²) in [5.41, 5.74) is 0.880. The van der Waals surface area contributed by atoms with E-state index in [0.717, 1.165) is 6.42 Å². The number of hydrogen-bond acceptors (Lipinski definition) is 2. The molecule has 0 aliphatic carbocycles. The molecule has 0 radical (unpaired) electrons. The second kappa shape index (κ2) is 6.19. The summed E-state index contributed by atoms with van der Waals surface area (Å²) in [6.07, 6.45) is 1.24. The van der Waals surface area contributed by atoms with Gasteiger partial charge < -0.3 is 10.4 Å². The molecule has 1 aromatic carbocycles. The fraction of sp³-hybridized carbons (Fsp3) is 0.429. The van der Waals surface area contributed by atoms with Crippen LogP contribution in [0.5, 0.6) is 0 Å². The first-order valence-electron chi connectivity index (χ1n) is 6.02. The van der Waals surface area contributed by atoms with E-state index in [1.54, 1.807) is 6.07 Å². The summed E-state index contributed by atoms with van der Waals surface area (Å²) < 4.78 is 0.566. The lowest BCUT2D eigenvalue weighted by Gasteiger charge is -2.17. The number of carbonyl (C=O) groups is 2. The number of halogens is 1. The van der Waals surface area contributed by atoms with Crippen molar-refractivity contribution in [2.75, 3.05) is 5.32 Å². The Morgan fingerprint density at radius 1 is 1.32 bits per heavy atom. The van der Waals surface area contributed by atoms with Crippen LogP contribution in [0.15, 0.2) is 22.7 Å². The van der Waals surface area contributed by atoms with Gasteiger partial charge in [-0.2, -0.15) is 0 Å². The Balaban J connectivity index is 2.67. The third-order valence-electron chi connectivity index (χ3n) is 2.59. The maximum atomic E-state index is 11.8. The number of amides is 1. The van der Waals surface area contributed by atoms with Crippen LogP contribution in [-0.2, 0) is 4.79 Å². The standard InChI is InChI=1S/C14H18BrNO3/c1-14(2,3)7-6-12(17)16-11-5-4-9(13(18)19)8-10(11)15/h4-5,8H,6-7H2,1-3H3,(H,16,17)(H,18,19). The Labute approximate surface area is 121 Å². The SMILES string of the molecule is CC(C)(C)CCC(=O)Nc1ccc(C(=O)O)cc1Br. The Bertz CT molecular complexity index is 492. The van der Waals surface area contributed by atoms with Gasteiger partial charge in [-0.15, -0.1) is 0 Å². The van der Waals surface area contributed by atoms with Crippen LogP contribution in [0.25, 0.3) is 0 Å². The average Bonchev–Trinajstić information content (AvgIpc) is 2.28. The molecule has 19 heavy (non-hydrogen) atoms. The maximum absolute atomic E-state index is 11.8. The first-order chi connectivity index (χ1) is 8.69. The molecule has 0 atom stereocenters. The summed E-state index contributed by atoms with van der Waals surface area (Å²) in [5.74, 6) is -1.06. The summed E-state index contributed by atoms with van der Waals surface area (Å²) in [6.45, 7) is 6.24. The summed E-state index contributed by atoms with van der Waals surface area (Å²) in [7, 11) is 0. The van der Waals surface area contributed by atoms with E-state index in [2.05, 4.69) is 42.0 Å². The van der Waals surface area contributed by atoms with Crippen molar-refractivity contribution in [2.45, 2.75) is 33.6 Å². The number of carboxylic acids is 1. The summed E-state index contributed by atoms with van der Waals surface area (Å²) >= 11 is 3.26. The molecular weight excluding hydrogens is 310 g/mol. The van der Waals surface area contributed by atoms with Crippen LogP contribution >= 0.6 is 15.9 Å². The van der Waals surface area contributed by atoms with Crippen molar-refractivity contribution in [3.8, 4) is 0 Å². The zero-order chi connectivity index (χ0) is 14.6. The molecular formula is C14H18BrNO3. The molecule has 0 unspecified atom stereocenters. The van der Waals surface area contributed by atoms with E-state index in [4.69, 9.17) is 5.11 Å². The zero-order valence-corrected chi connectivity index (χ0v) is 12.9. The molecule has 1 aromatic rings. The van der Waals surface area contributed by atoms with Crippen LogP contribution in [0, 0.1) is 5.41 Å². The molecule has 1 rings (SSSR count). The van der Waals surface area contributed by atoms with Gasteiger partial charge in [-0.1, -0.05) is 20.8 Å². The van der Waals surface area contributed by atoms with Crippen molar-refractivity contribution in [3.05, 3.63) is 28.2 Å². The second-order valence-corrected chi connectivity index (χ2v) is 6.46. The van der Waals surface area contributed by atoms with Gasteiger partial charge >= 0.3 is 5.97 Å². The molecule has 1 amide bonds. The van der Waals surface area contributed by atoms with Gasteiger partial charge in [0, 0.05) is 10.9 Å². The van der Waals surface area contributed by atoms with Crippen LogP contribution in [0.2, 0.25) is 0 Å². The van der Waals surface area contributed by atoms with Crippen molar-refractivity contribution in [3.63, 3.8) is 0 Å². The van der Waals surface area contributed by atoms with E-state index in [0.29, 0.717) is 16.6 Å². The minimum absolute atomic E-state index is 0.0706. The van der Waals surface area contributed by atoms with Crippen LogP contribution in [0.3, 0.4) is 0 Å². The third kappa shape index (κ3) is 5.42. The van der Waals surface area contributed by atoms with E-state index in [1.165, 1.54) is 12.1 Å². The van der Waals surface area contributed by atoms with Crippen LogP contribution in [0.4, 0.5) is 5.69 Å². The Morgan fingerprint density at radius 3 is 2.42 bits per heavy atom. The topological polar surface area (TPSA) is 66.4 Å². The predicted octanol–water partition coefficient (Wildman–Crippen LogP) is 3.91. The largest absolute Gasteiger partial charge is 0.478 e. The summed E-state index contributed by atoms with van der Waals surface area (Å²) in [6, 6.07) is 4.52. The van der Waals surface area contributed by atoms with E-state index in [-0.39, 0.29) is 16.9 Å². The monoisotopic (exact) mass is 327 g/mol. The number of hydrogen-bond donors (Lipinski definition) is 2. The Hall–Kier alpha value is -1.36. The number of anilines is 1. The predicted molar refractivity (Wildman–Crippen MR) is 78.4 cm³/mol. The molecule has 5 heteroatoms. The van der Waals surface area contributed by atoms with Gasteiger partial charge in [-0.05, 0) is 46.0 Å². The smallest absolute Gasteiger partial charge is 0.335 e. The molecule has 0 aromatic heterocycles. The molecule has 0 saturated carbocycles. The third-order valence-corrected chi connectivity index (χ3v) is 3.25. The normalized spacial score (nSPS) is 11.2. The maximum Gasteiger partial charge on any atom is 0.335 e. The van der Waals surface area contributed by atoms with Gasteiger partial charge in [0.15, 0.2) is 0 Å². The highest BCUT2D eigenvalue weighted by molar-refractivity contribution is 9.10. The first-order valence-corrected chi connectivity index (χ1v) is 6.81. The van der Waals surface area contributed by atoms with Gasteiger partial charge in [0.1, 0.15) is 0 Å². The van der Waals surface area contributed by atoms with Crippen molar-refractivity contribution in [1.82, 2.24) is 0 Å². The number of aromatic carboxylic acids is 1. The lowest BCUT2D eigenvalue weighted by molar-refractivity contribution is -0.116. The quantitative estimate of drug-likeness (QED) is 0.880. The van der Waals surface area contributed by atoms with Crippen molar-refractivity contribution >= 4 is 33.5 Å². The number of benzene rings is 1. The van der Waals surface area contributed by atoms with E-state index in [1.807, 2.05) is 0 Å². The molecule has 104 valence electrons. The first kappa shape index (κ1) is 15.7. The molecule has 0 aliphatic rings. The summed E-state index contributed by atoms with van der Waals surface area (Å²) in [5, 5.41) is 11.6. The molecule has 2 N–H and O–H groups in total. The van der Waals surface area contributed by atoms with Crippen LogP contribution in [-0.4, -0.2) is 17.0 Å². The molecule has 0 heterocycles. The van der Waals surface area contributed by atoms with E-state index < -0.39 is 5.97 Å². The molecule has 0 saturated heterocycles. The number of carbonyl (C=O) groups excluding carboxylic acids is 1. The highest BCUT2D eigenvalue weighted by atomic mass is 79.9. The van der Waals surface area contributed by atoms with Gasteiger partial charge in [0.2, 0.25) is 5.91 Å². The molecule has 0 spiro atoms. The van der Waals surface area contributed by atoms with Gasteiger partial charge in [-0.3, -0.25) is 4.79 Å². The zero-order valence-electron chi connectivity index (χ0n) is 11.3. The highest BCUT2D eigenvalue weighted by Gasteiger charge is 2.14. The van der Waals surface area contributed by atoms with Gasteiger partial charge in [-0.25, -0.2) is 4.79 Å². The van der Waals surface area contributed by atoms with Crippen LogP contribution in [0.1, 0.15) is 44.0 Å². The van der Waals surface area contributed by atoms with E-state index >= 15 is 0 Å². The molecule has 0 aliphatic heterocycles. The molecule has 0 bridgehead atoms. The summed E-state index contributed by atoms with van der Waals surface area (Å²) in [4.78, 5) is 22.6. The lowest BCUT2D eigenvalue weighted by atomic mass is 9.90. The van der Waals surface area contributed by atoms with Gasteiger partial charge in [0.05, 0.1) is 11.3 Å². The number of nitrogens with one attached hydrogen (secondary N) is 1. The van der Waals surface area contributed by atoms with E-state index in [9.17, 15) is 9.59 Å². The highest BCUT2D eigenvalue weighted by Crippen LogP contribution is 2.25. The second-order valence-electron chi connectivity index (χ2n) is 5.61. The number of carboxylic acid groups (broad SMARTS) is 1. The minimum atomic E-state index is -0.994. The fourth-order valence-corrected chi connectivity index (χ4v) is 1.93. The van der Waals surface area contributed by atoms with Crippen LogP contribution < -0.4 is 5.32 Å². The fourth-order valence-electron chi connectivity index (χ4n) is 1.45. The average molecular weight is 328 g/mol. The Kier molecular flexibility index (Phi) is 5.11. The van der Waals surface area contributed by atoms with Crippen molar-refractivity contribution in [2.24, 2.45) is 5.41 Å². The Morgan fingerprint density at radius 2 is 1.95 bits per heavy atom. The van der Waals surface area contributed by atoms with Crippen molar-refractivity contribution in [1.29, 1.82) is 0 Å². The lowest BCUT2D eigenvalue weighted by Crippen LogP contribution is -2.15. The van der Waals surface area contributed by atoms with Crippen molar-refractivity contribution < 1.29 is 14.7 Å². The molecule has 4 nitrogen and oxygen atoms in total. The minimum Gasteiger partial charge on any atom is -0.478 e.